The van der Waals surface area contributed by atoms with Gasteiger partial charge < -0.3 is 14.4 Å². The molecule has 0 saturated carbocycles. The van der Waals surface area contributed by atoms with Crippen LogP contribution in [0.3, 0.4) is 0 Å². The summed E-state index contributed by atoms with van der Waals surface area (Å²) >= 11 is 5.94. The van der Waals surface area contributed by atoms with Gasteiger partial charge in [-0.2, -0.15) is 0 Å². The molecular weight excluding hydrogens is 385 g/mol. The smallest absolute Gasteiger partial charge is 0.410 e. The minimum atomic E-state index is -1.76. The van der Waals surface area contributed by atoms with Crippen LogP contribution < -0.4 is 0 Å². The molecule has 1 aromatic carbocycles. The van der Waals surface area contributed by atoms with Gasteiger partial charge in [0.2, 0.25) is 0 Å². The van der Waals surface area contributed by atoms with E-state index in [0.29, 0.717) is 10.6 Å². The van der Waals surface area contributed by atoms with Crippen LogP contribution in [0.4, 0.5) is 9.18 Å². The summed E-state index contributed by atoms with van der Waals surface area (Å²) < 4.78 is 26.2. The Balaban J connectivity index is 2.23. The van der Waals surface area contributed by atoms with Crippen LogP contribution in [0.1, 0.15) is 46.1 Å². The van der Waals surface area contributed by atoms with E-state index in [1.165, 1.54) is 11.0 Å². The molecule has 1 fully saturated rings. The lowest BCUT2D eigenvalue weighted by Gasteiger charge is -2.38. The van der Waals surface area contributed by atoms with Crippen molar-refractivity contribution in [1.82, 2.24) is 4.90 Å². The second-order valence-corrected chi connectivity index (χ2v) is 8.19. The molecule has 0 unspecified atom stereocenters. The molecule has 1 saturated heterocycles. The summed E-state index contributed by atoms with van der Waals surface area (Å²) in [6.07, 6.45) is 0.854. The third-order valence-electron chi connectivity index (χ3n) is 4.39. The minimum Gasteiger partial charge on any atom is -0.463 e. The van der Waals surface area contributed by atoms with Crippen LogP contribution in [0.2, 0.25) is 5.02 Å². The third kappa shape index (κ3) is 5.96. The van der Waals surface area contributed by atoms with Crippen molar-refractivity contribution in [3.8, 4) is 0 Å². The average Bonchev–Trinajstić information content (AvgIpc) is 2.60. The van der Waals surface area contributed by atoms with Crippen molar-refractivity contribution in [3.63, 3.8) is 0 Å². The molecule has 154 valence electrons. The molecule has 1 aliphatic heterocycles. The van der Waals surface area contributed by atoms with Gasteiger partial charge in [-0.15, -0.1) is 0 Å². The van der Waals surface area contributed by atoms with Gasteiger partial charge in [-0.3, -0.25) is 0 Å². The number of piperidine rings is 1. The lowest BCUT2D eigenvalue weighted by atomic mass is 9.82. The molecule has 0 N–H and O–H groups in total. The molecule has 1 aromatic rings. The van der Waals surface area contributed by atoms with E-state index >= 15 is 4.39 Å². The van der Waals surface area contributed by atoms with Crippen molar-refractivity contribution in [3.05, 3.63) is 40.9 Å². The molecule has 1 heterocycles. The molecule has 2 rings (SSSR count). The Bertz CT molecular complexity index is 732. The second-order valence-electron chi connectivity index (χ2n) is 7.75. The highest BCUT2D eigenvalue weighted by Gasteiger charge is 2.41. The highest BCUT2D eigenvalue weighted by Crippen LogP contribution is 2.40. The quantitative estimate of drug-likeness (QED) is 0.515. The first kappa shape index (κ1) is 22.2. The lowest BCUT2D eigenvalue weighted by Crippen LogP contribution is -2.46. The zero-order valence-electron chi connectivity index (χ0n) is 16.8. The van der Waals surface area contributed by atoms with Crippen LogP contribution in [0, 0.1) is 0 Å². The maximum atomic E-state index is 15.9. The summed E-state index contributed by atoms with van der Waals surface area (Å²) in [5.41, 5.74) is -1.57. The second kappa shape index (κ2) is 8.95. The average molecular weight is 412 g/mol. The van der Waals surface area contributed by atoms with Gasteiger partial charge in [0.05, 0.1) is 6.61 Å². The van der Waals surface area contributed by atoms with E-state index in [2.05, 4.69) is 0 Å². The van der Waals surface area contributed by atoms with Gasteiger partial charge in [0.15, 0.2) is 0 Å². The molecule has 28 heavy (non-hydrogen) atoms. The number of ether oxygens (including phenoxy) is 2. The first-order valence-corrected chi connectivity index (χ1v) is 9.73. The summed E-state index contributed by atoms with van der Waals surface area (Å²) in [7, 11) is 0. The Morgan fingerprint density at radius 3 is 2.29 bits per heavy atom. The van der Waals surface area contributed by atoms with Crippen LogP contribution in [-0.4, -0.2) is 47.9 Å². The van der Waals surface area contributed by atoms with E-state index in [9.17, 15) is 9.59 Å². The number of nitrogens with zero attached hydrogens (tertiary/aromatic N) is 1. The summed E-state index contributed by atoms with van der Waals surface area (Å²) in [5.74, 6) is -0.598. The molecule has 1 amide bonds. The number of hydrogen-bond acceptors (Lipinski definition) is 4. The largest absolute Gasteiger partial charge is 0.463 e. The van der Waals surface area contributed by atoms with Crippen LogP contribution >= 0.6 is 11.6 Å². The zero-order chi connectivity index (χ0) is 20.9. The standard InChI is InChI=1S/C21H27ClFNO4/c1-5-27-18(25)14-17(15-6-8-16(22)9-7-15)21(23)10-12-24(13-11-21)19(26)28-20(2,3)4/h6-9,14H,5,10-13H2,1-4H3. The Morgan fingerprint density at radius 1 is 1.21 bits per heavy atom. The van der Waals surface area contributed by atoms with Gasteiger partial charge in [0.25, 0.3) is 0 Å². The Kier molecular flexibility index (Phi) is 7.10. The van der Waals surface area contributed by atoms with Crippen LogP contribution in [-0.2, 0) is 14.3 Å². The van der Waals surface area contributed by atoms with E-state index in [1.807, 2.05) is 0 Å². The van der Waals surface area contributed by atoms with Crippen LogP contribution in [0.25, 0.3) is 5.57 Å². The van der Waals surface area contributed by atoms with Crippen molar-refractivity contribution >= 4 is 29.2 Å². The lowest BCUT2D eigenvalue weighted by molar-refractivity contribution is -0.137. The molecular formula is C21H27ClFNO4. The fourth-order valence-corrected chi connectivity index (χ4v) is 3.17. The fraction of sp³-hybridized carbons (Fsp3) is 0.524. The van der Waals surface area contributed by atoms with Crippen LogP contribution in [0.15, 0.2) is 30.3 Å². The van der Waals surface area contributed by atoms with E-state index < -0.39 is 23.3 Å². The number of allylic oxidation sites excluding steroid dienone is 1. The molecule has 0 bridgehead atoms. The Morgan fingerprint density at radius 2 is 1.79 bits per heavy atom. The van der Waals surface area contributed by atoms with Crippen LogP contribution in [0.5, 0.6) is 0 Å². The highest BCUT2D eigenvalue weighted by atomic mass is 35.5. The molecule has 0 spiro atoms. The zero-order valence-corrected chi connectivity index (χ0v) is 17.5. The topological polar surface area (TPSA) is 55.8 Å². The molecule has 0 aromatic heterocycles. The van der Waals surface area contributed by atoms with E-state index in [1.54, 1.807) is 52.0 Å². The number of carbonyl (C=O) groups excluding carboxylic acids is 2. The number of halogens is 2. The Hall–Kier alpha value is -2.08. The first-order chi connectivity index (χ1) is 13.0. The number of alkyl halides is 1. The molecule has 5 nitrogen and oxygen atoms in total. The number of likely N-dealkylation sites (tertiary alicyclic amines) is 1. The number of rotatable bonds is 4. The molecule has 7 heteroatoms. The summed E-state index contributed by atoms with van der Waals surface area (Å²) in [4.78, 5) is 25.8. The van der Waals surface area contributed by atoms with Gasteiger partial charge in [-0.1, -0.05) is 23.7 Å². The fourth-order valence-electron chi connectivity index (χ4n) is 3.04. The Labute approximate surface area is 170 Å². The predicted octanol–water partition coefficient (Wildman–Crippen LogP) is 5.03. The highest BCUT2D eigenvalue weighted by molar-refractivity contribution is 6.30. The van der Waals surface area contributed by atoms with Gasteiger partial charge in [-0.25, -0.2) is 14.0 Å². The van der Waals surface area contributed by atoms with Gasteiger partial charge in [-0.05, 0) is 45.4 Å². The third-order valence-corrected chi connectivity index (χ3v) is 4.65. The first-order valence-electron chi connectivity index (χ1n) is 9.36. The molecule has 0 atom stereocenters. The number of esters is 1. The summed E-state index contributed by atoms with van der Waals surface area (Å²) in [5, 5.41) is 0.520. The maximum Gasteiger partial charge on any atom is 0.410 e. The van der Waals surface area contributed by atoms with Crippen molar-refractivity contribution in [2.45, 2.75) is 51.8 Å². The van der Waals surface area contributed by atoms with Gasteiger partial charge in [0.1, 0.15) is 11.3 Å². The molecule has 1 aliphatic rings. The van der Waals surface area contributed by atoms with Crippen molar-refractivity contribution in [1.29, 1.82) is 0 Å². The minimum absolute atomic E-state index is 0.0557. The van der Waals surface area contributed by atoms with E-state index in [4.69, 9.17) is 21.1 Å². The normalized spacial score (nSPS) is 17.2. The van der Waals surface area contributed by atoms with E-state index in [-0.39, 0.29) is 38.1 Å². The predicted molar refractivity (Wildman–Crippen MR) is 107 cm³/mol. The molecule has 0 aliphatic carbocycles. The van der Waals surface area contributed by atoms with Crippen molar-refractivity contribution < 1.29 is 23.5 Å². The number of hydrogen-bond donors (Lipinski definition) is 0. The molecule has 0 radical (unpaired) electrons. The monoisotopic (exact) mass is 411 g/mol. The van der Waals surface area contributed by atoms with Gasteiger partial charge in [0, 0.05) is 42.6 Å². The summed E-state index contributed by atoms with van der Waals surface area (Å²) in [6, 6.07) is 6.65. The van der Waals surface area contributed by atoms with E-state index in [0.717, 1.165) is 0 Å². The number of benzene rings is 1. The van der Waals surface area contributed by atoms with Crippen molar-refractivity contribution in [2.75, 3.05) is 19.7 Å². The number of amides is 1. The van der Waals surface area contributed by atoms with Gasteiger partial charge >= 0.3 is 12.1 Å². The summed E-state index contributed by atoms with van der Waals surface area (Å²) in [6.45, 7) is 7.64. The number of carbonyl (C=O) groups is 2. The maximum absolute atomic E-state index is 15.9. The SMILES string of the molecule is CCOC(=O)C=C(c1ccc(Cl)cc1)C1(F)CCN(C(=O)OC(C)(C)C)CC1. The van der Waals surface area contributed by atoms with Crippen molar-refractivity contribution in [2.24, 2.45) is 0 Å².